The highest BCUT2D eigenvalue weighted by atomic mass is 32.1. The minimum absolute atomic E-state index is 0.0319. The van der Waals surface area contributed by atoms with E-state index in [-0.39, 0.29) is 12.0 Å². The number of benzene rings is 1. The van der Waals surface area contributed by atoms with E-state index in [4.69, 9.17) is 4.74 Å². The van der Waals surface area contributed by atoms with Gasteiger partial charge in [-0.25, -0.2) is 4.98 Å². The van der Waals surface area contributed by atoms with Gasteiger partial charge < -0.3 is 9.64 Å². The Hall–Kier alpha value is -1.72. The predicted octanol–water partition coefficient (Wildman–Crippen LogP) is 3.02. The number of carbonyl (C=O) groups excluding carboxylic acids is 1. The first kappa shape index (κ1) is 16.1. The molecule has 1 aliphatic rings. The second-order valence-corrected chi connectivity index (χ2v) is 6.79. The second-order valence-electron chi connectivity index (χ2n) is 5.85. The van der Waals surface area contributed by atoms with Crippen LogP contribution in [0.4, 0.5) is 0 Å². The number of hydrogen-bond acceptors (Lipinski definition) is 4. The van der Waals surface area contributed by atoms with Crippen molar-refractivity contribution >= 4 is 17.2 Å². The average Bonchev–Trinajstić information content (AvgIpc) is 3.02. The number of likely N-dealkylation sites (N-methyl/N-ethyl adjacent to an activating group) is 1. The standard InChI is InChI=1S/C18H22N2O2S/c1-3-17-19-14(12-23-17)10-18(21)20(2)11-16-15-7-5-4-6-13(15)8-9-22-16/h4-7,12,16H,3,8-11H2,1-2H3/t16-/m0/s1. The lowest BCUT2D eigenvalue weighted by Crippen LogP contribution is -2.34. The van der Waals surface area contributed by atoms with E-state index in [1.165, 1.54) is 11.1 Å². The van der Waals surface area contributed by atoms with Crippen LogP contribution in [0, 0.1) is 0 Å². The molecule has 122 valence electrons. The molecule has 0 unspecified atom stereocenters. The van der Waals surface area contributed by atoms with Gasteiger partial charge in [0.25, 0.3) is 0 Å². The predicted molar refractivity (Wildman–Crippen MR) is 91.7 cm³/mol. The van der Waals surface area contributed by atoms with Gasteiger partial charge in [-0.2, -0.15) is 0 Å². The molecular weight excluding hydrogens is 308 g/mol. The van der Waals surface area contributed by atoms with E-state index in [0.717, 1.165) is 30.2 Å². The molecule has 2 aromatic rings. The number of hydrogen-bond donors (Lipinski definition) is 0. The summed E-state index contributed by atoms with van der Waals surface area (Å²) in [5.41, 5.74) is 3.41. The molecule has 23 heavy (non-hydrogen) atoms. The third-order valence-electron chi connectivity index (χ3n) is 4.19. The molecule has 5 heteroatoms. The van der Waals surface area contributed by atoms with Crippen LogP contribution in [-0.4, -0.2) is 36.0 Å². The van der Waals surface area contributed by atoms with E-state index in [0.29, 0.717) is 13.0 Å². The van der Waals surface area contributed by atoms with Gasteiger partial charge in [-0.05, 0) is 24.0 Å². The highest BCUT2D eigenvalue weighted by Gasteiger charge is 2.23. The molecule has 1 aromatic heterocycles. The molecule has 1 amide bonds. The van der Waals surface area contributed by atoms with Crippen LogP contribution in [-0.2, 0) is 28.8 Å². The van der Waals surface area contributed by atoms with Crippen molar-refractivity contribution in [1.29, 1.82) is 0 Å². The molecule has 0 fully saturated rings. The Kier molecular flexibility index (Phi) is 5.08. The second kappa shape index (κ2) is 7.23. The fourth-order valence-corrected chi connectivity index (χ4v) is 3.61. The van der Waals surface area contributed by atoms with Crippen molar-refractivity contribution in [1.82, 2.24) is 9.88 Å². The van der Waals surface area contributed by atoms with Gasteiger partial charge in [-0.1, -0.05) is 31.2 Å². The number of amides is 1. The number of aryl methyl sites for hydroxylation is 1. The topological polar surface area (TPSA) is 42.4 Å². The van der Waals surface area contributed by atoms with E-state index in [9.17, 15) is 4.79 Å². The van der Waals surface area contributed by atoms with E-state index in [1.807, 2.05) is 18.5 Å². The van der Waals surface area contributed by atoms with Crippen molar-refractivity contribution < 1.29 is 9.53 Å². The highest BCUT2D eigenvalue weighted by molar-refractivity contribution is 7.09. The lowest BCUT2D eigenvalue weighted by Gasteiger charge is -2.29. The van der Waals surface area contributed by atoms with E-state index in [2.05, 4.69) is 30.1 Å². The summed E-state index contributed by atoms with van der Waals surface area (Å²) in [5.74, 6) is 0.0876. The van der Waals surface area contributed by atoms with E-state index < -0.39 is 0 Å². The molecule has 0 bridgehead atoms. The molecule has 0 aliphatic carbocycles. The van der Waals surface area contributed by atoms with Crippen LogP contribution in [0.1, 0.15) is 34.9 Å². The van der Waals surface area contributed by atoms with Gasteiger partial charge in [0.15, 0.2) is 0 Å². The summed E-state index contributed by atoms with van der Waals surface area (Å²) in [6.45, 7) is 3.38. The van der Waals surface area contributed by atoms with Crippen LogP contribution in [0.5, 0.6) is 0 Å². The fraction of sp³-hybridized carbons (Fsp3) is 0.444. The first-order valence-corrected chi connectivity index (χ1v) is 8.92. The highest BCUT2D eigenvalue weighted by Crippen LogP contribution is 2.27. The maximum Gasteiger partial charge on any atom is 0.228 e. The molecular formula is C18H22N2O2S. The summed E-state index contributed by atoms with van der Waals surface area (Å²) in [4.78, 5) is 18.7. The Morgan fingerprint density at radius 3 is 3.04 bits per heavy atom. The Labute approximate surface area is 141 Å². The van der Waals surface area contributed by atoms with Crippen molar-refractivity contribution in [3.8, 4) is 0 Å². The van der Waals surface area contributed by atoms with Crippen LogP contribution in [0.25, 0.3) is 0 Å². The van der Waals surface area contributed by atoms with Crippen molar-refractivity contribution in [2.45, 2.75) is 32.3 Å². The Morgan fingerprint density at radius 1 is 1.43 bits per heavy atom. The summed E-state index contributed by atoms with van der Waals surface area (Å²) in [6.07, 6.45) is 2.20. The average molecular weight is 330 g/mol. The quantitative estimate of drug-likeness (QED) is 0.846. The van der Waals surface area contributed by atoms with Crippen LogP contribution in [0.15, 0.2) is 29.6 Å². The van der Waals surface area contributed by atoms with Gasteiger partial charge in [0, 0.05) is 12.4 Å². The SMILES string of the molecule is CCc1nc(CC(=O)N(C)C[C@@H]2OCCc3ccccc32)cs1. The van der Waals surface area contributed by atoms with Gasteiger partial charge in [0.05, 0.1) is 30.3 Å². The molecule has 2 heterocycles. The minimum Gasteiger partial charge on any atom is -0.371 e. The maximum absolute atomic E-state index is 12.4. The third kappa shape index (κ3) is 3.79. The number of fused-ring (bicyclic) bond motifs is 1. The molecule has 0 spiro atoms. The van der Waals surface area contributed by atoms with Gasteiger partial charge in [-0.15, -0.1) is 11.3 Å². The summed E-state index contributed by atoms with van der Waals surface area (Å²) in [7, 11) is 1.84. The summed E-state index contributed by atoms with van der Waals surface area (Å²) in [5, 5.41) is 3.07. The van der Waals surface area contributed by atoms with Crippen LogP contribution in [0.2, 0.25) is 0 Å². The smallest absolute Gasteiger partial charge is 0.228 e. The molecule has 4 nitrogen and oxygen atoms in total. The molecule has 3 rings (SSSR count). The van der Waals surface area contributed by atoms with Crippen molar-refractivity contribution in [2.75, 3.05) is 20.2 Å². The molecule has 0 saturated heterocycles. The Balaban J connectivity index is 1.63. The minimum atomic E-state index is -0.0319. The monoisotopic (exact) mass is 330 g/mol. The third-order valence-corrected chi connectivity index (χ3v) is 5.23. The number of aromatic nitrogens is 1. The fourth-order valence-electron chi connectivity index (χ4n) is 2.86. The lowest BCUT2D eigenvalue weighted by atomic mass is 9.97. The van der Waals surface area contributed by atoms with Gasteiger partial charge in [-0.3, -0.25) is 4.79 Å². The number of rotatable bonds is 5. The van der Waals surface area contributed by atoms with Crippen LogP contribution < -0.4 is 0 Å². The number of thiazole rings is 1. The van der Waals surface area contributed by atoms with Crippen LogP contribution in [0.3, 0.4) is 0 Å². The van der Waals surface area contributed by atoms with Crippen molar-refractivity contribution in [2.24, 2.45) is 0 Å². The summed E-state index contributed by atoms with van der Waals surface area (Å²) in [6, 6.07) is 8.34. The Bertz CT molecular complexity index is 683. The molecule has 0 saturated carbocycles. The van der Waals surface area contributed by atoms with Gasteiger partial charge in [0.2, 0.25) is 5.91 Å². The summed E-state index contributed by atoms with van der Waals surface area (Å²) < 4.78 is 5.89. The molecule has 0 radical (unpaired) electrons. The largest absolute Gasteiger partial charge is 0.371 e. The number of ether oxygens (including phenoxy) is 1. The molecule has 0 N–H and O–H groups in total. The zero-order chi connectivity index (χ0) is 16.2. The van der Waals surface area contributed by atoms with Gasteiger partial charge >= 0.3 is 0 Å². The zero-order valence-corrected chi connectivity index (χ0v) is 14.4. The number of nitrogens with zero attached hydrogens (tertiary/aromatic N) is 2. The Morgan fingerprint density at radius 2 is 2.26 bits per heavy atom. The lowest BCUT2D eigenvalue weighted by molar-refractivity contribution is -0.131. The van der Waals surface area contributed by atoms with Gasteiger partial charge in [0.1, 0.15) is 6.10 Å². The van der Waals surface area contributed by atoms with Crippen molar-refractivity contribution in [3.05, 3.63) is 51.5 Å². The maximum atomic E-state index is 12.4. The first-order chi connectivity index (χ1) is 11.2. The van der Waals surface area contributed by atoms with E-state index >= 15 is 0 Å². The first-order valence-electron chi connectivity index (χ1n) is 8.04. The normalized spacial score (nSPS) is 16.9. The van der Waals surface area contributed by atoms with E-state index in [1.54, 1.807) is 16.2 Å². The van der Waals surface area contributed by atoms with Crippen molar-refractivity contribution in [3.63, 3.8) is 0 Å². The molecule has 1 aliphatic heterocycles. The summed E-state index contributed by atoms with van der Waals surface area (Å²) >= 11 is 1.62. The molecule has 1 atom stereocenters. The molecule has 1 aromatic carbocycles. The number of carbonyl (C=O) groups is 1. The van der Waals surface area contributed by atoms with Crippen LogP contribution >= 0.6 is 11.3 Å². The zero-order valence-electron chi connectivity index (χ0n) is 13.6.